The van der Waals surface area contributed by atoms with Crippen molar-refractivity contribution in [1.29, 1.82) is 0 Å². The summed E-state index contributed by atoms with van der Waals surface area (Å²) in [6.45, 7) is 2.69. The molecule has 37 heavy (non-hydrogen) atoms. The summed E-state index contributed by atoms with van der Waals surface area (Å²) in [5.74, 6) is 1.06. The monoisotopic (exact) mass is 547 g/mol. The number of ether oxygens (including phenoxy) is 1. The number of aromatic nitrogens is 2. The van der Waals surface area contributed by atoms with Crippen molar-refractivity contribution >= 4 is 38.6 Å². The van der Waals surface area contributed by atoms with Gasteiger partial charge < -0.3 is 19.9 Å². The van der Waals surface area contributed by atoms with Gasteiger partial charge in [0.05, 0.1) is 15.9 Å². The second kappa shape index (κ2) is 11.9. The minimum atomic E-state index is -3.93. The highest BCUT2D eigenvalue weighted by atomic mass is 35.5. The fraction of sp³-hybridized carbons (Fsp3) is 0.462. The molecule has 2 aromatic carbocycles. The van der Waals surface area contributed by atoms with E-state index < -0.39 is 16.1 Å². The predicted octanol–water partition coefficient (Wildman–Crippen LogP) is 3.04. The van der Waals surface area contributed by atoms with Crippen LogP contribution in [-0.2, 0) is 32.5 Å². The molecule has 0 spiro atoms. The molecular weight excluding hydrogens is 514 g/mol. The van der Waals surface area contributed by atoms with Crippen LogP contribution in [0.25, 0.3) is 11.0 Å². The molecule has 1 aromatic heterocycles. The highest BCUT2D eigenvalue weighted by molar-refractivity contribution is 7.89. The zero-order valence-electron chi connectivity index (χ0n) is 21.0. The molecule has 0 aliphatic carbocycles. The number of piperidine rings is 1. The summed E-state index contributed by atoms with van der Waals surface area (Å²) in [7, 11) is -2.23. The highest BCUT2D eigenvalue weighted by Crippen LogP contribution is 2.30. The van der Waals surface area contributed by atoms with Crippen LogP contribution in [0.1, 0.15) is 43.0 Å². The lowest BCUT2D eigenvalue weighted by molar-refractivity contribution is -0.132. The van der Waals surface area contributed by atoms with Gasteiger partial charge in [0.25, 0.3) is 0 Å². The average molecular weight is 548 g/mol. The number of carbonyl (C=O) groups excluding carboxylic acids is 1. The maximum absolute atomic E-state index is 13.2. The number of likely N-dealkylation sites (tertiary alicyclic amines) is 1. The Balaban J connectivity index is 1.46. The van der Waals surface area contributed by atoms with E-state index in [1.54, 1.807) is 7.11 Å². The van der Waals surface area contributed by atoms with Gasteiger partial charge in [-0.2, -0.15) is 0 Å². The van der Waals surface area contributed by atoms with E-state index in [2.05, 4.69) is 10.6 Å². The Bertz CT molecular complexity index is 1360. The van der Waals surface area contributed by atoms with Crippen LogP contribution in [0.3, 0.4) is 0 Å². The number of benzene rings is 2. The third-order valence-corrected chi connectivity index (χ3v) is 8.05. The van der Waals surface area contributed by atoms with E-state index in [9.17, 15) is 13.2 Å². The van der Waals surface area contributed by atoms with Crippen LogP contribution >= 0.6 is 11.6 Å². The fourth-order valence-electron chi connectivity index (χ4n) is 5.12. The molecule has 0 radical (unpaired) electrons. The normalized spacial score (nSPS) is 17.3. The van der Waals surface area contributed by atoms with Crippen molar-refractivity contribution in [2.24, 2.45) is 10.9 Å². The topological polar surface area (TPSA) is 134 Å². The van der Waals surface area contributed by atoms with Gasteiger partial charge in [-0.15, -0.1) is 0 Å². The van der Waals surface area contributed by atoms with Gasteiger partial charge in [-0.3, -0.25) is 4.79 Å². The second-order valence-corrected chi connectivity index (χ2v) is 11.6. The number of nitrogens with two attached hydrogens (primary N) is 2. The van der Waals surface area contributed by atoms with E-state index in [1.165, 1.54) is 18.2 Å². The van der Waals surface area contributed by atoms with Crippen molar-refractivity contribution in [3.8, 4) is 0 Å². The van der Waals surface area contributed by atoms with Gasteiger partial charge in [-0.05, 0) is 61.6 Å². The Morgan fingerprint density at radius 2 is 2.05 bits per heavy atom. The summed E-state index contributed by atoms with van der Waals surface area (Å²) >= 11 is 6.07. The largest absolute Gasteiger partial charge is 0.385 e. The van der Waals surface area contributed by atoms with Crippen LogP contribution in [0.2, 0.25) is 5.02 Å². The predicted molar refractivity (Wildman–Crippen MR) is 144 cm³/mol. The molecule has 0 unspecified atom stereocenters. The van der Waals surface area contributed by atoms with E-state index in [0.29, 0.717) is 30.3 Å². The number of hydrogen-bond donors (Lipinski definition) is 2. The molecule has 9 nitrogen and oxygen atoms in total. The number of rotatable bonds is 10. The Morgan fingerprint density at radius 1 is 1.27 bits per heavy atom. The SMILES string of the molecule is COCCCn1c([C@@H]2CCCN(C(=O)C[C@@H](N)Cc3cc(Cl)ccc3S(N)(=O)=O)C2)nc2ccccc21. The van der Waals surface area contributed by atoms with E-state index in [-0.39, 0.29) is 29.6 Å². The minimum absolute atomic E-state index is 0.0230. The fourth-order valence-corrected chi connectivity index (χ4v) is 6.08. The first kappa shape index (κ1) is 27.5. The van der Waals surface area contributed by atoms with Gasteiger partial charge in [0.1, 0.15) is 5.82 Å². The third-order valence-electron chi connectivity index (χ3n) is 6.80. The Labute approximate surface area is 222 Å². The highest BCUT2D eigenvalue weighted by Gasteiger charge is 2.29. The Hall–Kier alpha value is -2.50. The van der Waals surface area contributed by atoms with E-state index in [1.807, 2.05) is 23.1 Å². The molecule has 1 amide bonds. The molecular formula is C26H34ClN5O4S. The summed E-state index contributed by atoms with van der Waals surface area (Å²) in [4.78, 5) is 20.0. The molecule has 3 aromatic rings. The van der Waals surface area contributed by atoms with Crippen molar-refractivity contribution in [3.63, 3.8) is 0 Å². The number of primary sulfonamides is 1. The first-order valence-electron chi connectivity index (χ1n) is 12.5. The van der Waals surface area contributed by atoms with Gasteiger partial charge in [0, 0.05) is 56.8 Å². The lowest BCUT2D eigenvalue weighted by Crippen LogP contribution is -2.42. The number of aryl methyl sites for hydroxylation is 1. The average Bonchev–Trinajstić information content (AvgIpc) is 3.22. The molecule has 1 saturated heterocycles. The molecule has 4 N–H and O–H groups in total. The zero-order valence-corrected chi connectivity index (χ0v) is 22.5. The number of carbonyl (C=O) groups is 1. The Morgan fingerprint density at radius 3 is 2.81 bits per heavy atom. The van der Waals surface area contributed by atoms with Gasteiger partial charge in [-0.25, -0.2) is 18.5 Å². The maximum Gasteiger partial charge on any atom is 0.238 e. The number of para-hydroxylation sites is 2. The molecule has 0 saturated carbocycles. The van der Waals surface area contributed by atoms with Crippen molar-refractivity contribution in [2.45, 2.75) is 55.5 Å². The lowest BCUT2D eigenvalue weighted by Gasteiger charge is -2.33. The molecule has 4 rings (SSSR count). The number of nitrogens with zero attached hydrogens (tertiary/aromatic N) is 3. The number of fused-ring (bicyclic) bond motifs is 1. The summed E-state index contributed by atoms with van der Waals surface area (Å²) in [6, 6.07) is 11.9. The molecule has 1 aliphatic heterocycles. The number of methoxy groups -OCH3 is 1. The molecule has 2 atom stereocenters. The van der Waals surface area contributed by atoms with Gasteiger partial charge in [0.15, 0.2) is 0 Å². The standard InChI is InChI=1S/C26H34ClN5O4S/c1-36-13-5-12-32-23-8-3-2-7-22(23)30-26(32)18-6-4-11-31(17-18)25(33)16-21(28)15-19-14-20(27)9-10-24(19)37(29,34)35/h2-3,7-10,14,18,21H,4-6,11-13,15-17,28H2,1H3,(H2,29,34,35)/t18-,21+/m1/s1. The zero-order chi connectivity index (χ0) is 26.6. The van der Waals surface area contributed by atoms with Crippen molar-refractivity contribution in [3.05, 3.63) is 58.9 Å². The number of sulfonamides is 1. The second-order valence-electron chi connectivity index (χ2n) is 9.60. The summed E-state index contributed by atoms with van der Waals surface area (Å²) in [6.07, 6.45) is 2.96. The van der Waals surface area contributed by atoms with Crippen LogP contribution in [-0.4, -0.2) is 61.6 Å². The first-order chi connectivity index (χ1) is 17.7. The van der Waals surface area contributed by atoms with Crippen molar-refractivity contribution in [2.75, 3.05) is 26.8 Å². The maximum atomic E-state index is 13.2. The van der Waals surface area contributed by atoms with Crippen molar-refractivity contribution in [1.82, 2.24) is 14.5 Å². The first-order valence-corrected chi connectivity index (χ1v) is 14.4. The molecule has 1 fully saturated rings. The molecule has 0 bridgehead atoms. The van der Waals surface area contributed by atoms with Crippen molar-refractivity contribution < 1.29 is 17.9 Å². The van der Waals surface area contributed by atoms with E-state index in [4.69, 9.17) is 32.2 Å². The number of halogens is 1. The molecule has 1 aliphatic rings. The summed E-state index contributed by atoms with van der Waals surface area (Å²) < 4.78 is 31.4. The smallest absolute Gasteiger partial charge is 0.238 e. The van der Waals surface area contributed by atoms with Gasteiger partial charge >= 0.3 is 0 Å². The van der Waals surface area contributed by atoms with Crippen LogP contribution in [0.5, 0.6) is 0 Å². The molecule has 2 heterocycles. The quantitative estimate of drug-likeness (QED) is 0.375. The lowest BCUT2D eigenvalue weighted by atomic mass is 9.96. The van der Waals surface area contributed by atoms with Gasteiger partial charge in [0.2, 0.25) is 15.9 Å². The van der Waals surface area contributed by atoms with Crippen LogP contribution in [0, 0.1) is 0 Å². The van der Waals surface area contributed by atoms with Crippen LogP contribution < -0.4 is 10.9 Å². The van der Waals surface area contributed by atoms with Crippen LogP contribution in [0.4, 0.5) is 0 Å². The number of imidazole rings is 1. The summed E-state index contributed by atoms with van der Waals surface area (Å²) in [5, 5.41) is 5.73. The number of amides is 1. The van der Waals surface area contributed by atoms with E-state index in [0.717, 1.165) is 42.7 Å². The summed E-state index contributed by atoms with van der Waals surface area (Å²) in [5.41, 5.74) is 8.76. The van der Waals surface area contributed by atoms with Crippen LogP contribution in [0.15, 0.2) is 47.4 Å². The Kier molecular flexibility index (Phi) is 8.86. The van der Waals surface area contributed by atoms with Gasteiger partial charge in [-0.1, -0.05) is 23.7 Å². The number of hydrogen-bond acceptors (Lipinski definition) is 6. The van der Waals surface area contributed by atoms with E-state index >= 15 is 0 Å². The third kappa shape index (κ3) is 6.69. The molecule has 200 valence electrons. The molecule has 11 heteroatoms. The minimum Gasteiger partial charge on any atom is -0.385 e.